The van der Waals surface area contributed by atoms with Crippen LogP contribution in [0.2, 0.25) is 5.02 Å². The number of nitrogens with zero attached hydrogens (tertiary/aromatic N) is 3. The third-order valence-corrected chi connectivity index (χ3v) is 6.00. The van der Waals surface area contributed by atoms with Gasteiger partial charge in [0.05, 0.1) is 15.5 Å². The van der Waals surface area contributed by atoms with Gasteiger partial charge in [-0.05, 0) is 40.5 Å². The van der Waals surface area contributed by atoms with Crippen LogP contribution in [0.4, 0.5) is 4.39 Å². The Morgan fingerprint density at radius 3 is 2.54 bits per heavy atom. The monoisotopic (exact) mass is 449 g/mol. The molecule has 134 valence electrons. The second kappa shape index (κ2) is 10.6. The first-order valence-corrected chi connectivity index (χ1v) is 9.84. The third kappa shape index (κ3) is 5.21. The van der Waals surface area contributed by atoms with Crippen LogP contribution in [0.25, 0.3) is 22.1 Å². The molecule has 8 heteroatoms. The second-order valence-electron chi connectivity index (χ2n) is 5.37. The summed E-state index contributed by atoms with van der Waals surface area (Å²) in [5.74, 6) is 0.556. The van der Waals surface area contributed by atoms with Gasteiger partial charge < -0.3 is 6.92 Å². The minimum atomic E-state index is -0.427. The topological polar surface area (TPSA) is 30.7 Å². The number of aryl methyl sites for hydroxylation is 1. The van der Waals surface area contributed by atoms with Gasteiger partial charge in [0.2, 0.25) is 0 Å². The van der Waals surface area contributed by atoms with Crippen molar-refractivity contribution < 1.29 is 23.3 Å². The summed E-state index contributed by atoms with van der Waals surface area (Å²) in [5.41, 5.74) is 1.32. The van der Waals surface area contributed by atoms with Crippen molar-refractivity contribution in [2.24, 2.45) is 7.05 Å². The summed E-state index contributed by atoms with van der Waals surface area (Å²) < 4.78 is 16.7. The number of rotatable bonds is 3. The fourth-order valence-electron chi connectivity index (χ4n) is 2.02. The Bertz CT molecular complexity index is 844. The summed E-state index contributed by atoms with van der Waals surface area (Å²) in [7, 11) is 1.79. The molecule has 0 unspecified atom stereocenters. The molecule has 2 aromatic heterocycles. The van der Waals surface area contributed by atoms with E-state index < -0.39 is 5.82 Å². The van der Waals surface area contributed by atoms with E-state index in [0.29, 0.717) is 16.7 Å². The predicted molar refractivity (Wildman–Crippen MR) is 107 cm³/mol. The molecule has 1 aromatic carbocycles. The molecule has 0 aliphatic heterocycles. The van der Waals surface area contributed by atoms with Crippen molar-refractivity contribution >= 4 is 38.9 Å². The fraction of sp³-hybridized carbons (Fsp3) is 0.278. The maximum atomic E-state index is 14.0. The zero-order chi connectivity index (χ0) is 18.6. The second-order valence-corrected chi connectivity index (χ2v) is 7.51. The smallest absolute Gasteiger partial charge is 0.343 e. The van der Waals surface area contributed by atoms with E-state index in [1.165, 1.54) is 12.5 Å². The first kappa shape index (κ1) is 23.4. The fourth-order valence-corrected chi connectivity index (χ4v) is 3.84. The Kier molecular flexibility index (Phi) is 9.57. The number of thiophene rings is 1. The van der Waals surface area contributed by atoms with Gasteiger partial charge in [0.15, 0.2) is 11.6 Å². The van der Waals surface area contributed by atoms with Crippen molar-refractivity contribution in [2.45, 2.75) is 26.7 Å². The molecular formula is C18H19BrClFLiN3S. The van der Waals surface area contributed by atoms with Gasteiger partial charge in [0.1, 0.15) is 5.82 Å². The van der Waals surface area contributed by atoms with Crippen LogP contribution in [0.3, 0.4) is 0 Å². The third-order valence-electron chi connectivity index (χ3n) is 3.49. The Hall–Kier alpha value is -0.643. The summed E-state index contributed by atoms with van der Waals surface area (Å²) >= 11 is 11.1. The predicted octanol–water partition coefficient (Wildman–Crippen LogP) is 3.70. The van der Waals surface area contributed by atoms with Crippen LogP contribution in [0.5, 0.6) is 0 Å². The van der Waals surface area contributed by atoms with Gasteiger partial charge in [0.25, 0.3) is 0 Å². The molecule has 0 fully saturated rings. The minimum Gasteiger partial charge on any atom is -0.343 e. The summed E-state index contributed by atoms with van der Waals surface area (Å²) in [6, 6.07) is 4.54. The van der Waals surface area contributed by atoms with E-state index in [0.717, 1.165) is 21.3 Å². The molecule has 0 radical (unpaired) electrons. The molecule has 0 bridgehead atoms. The van der Waals surface area contributed by atoms with Crippen LogP contribution < -0.4 is 18.9 Å². The van der Waals surface area contributed by atoms with Gasteiger partial charge in [-0.2, -0.15) is 11.5 Å². The number of hydrogen-bond donors (Lipinski definition) is 0. The van der Waals surface area contributed by atoms with Crippen LogP contribution in [-0.2, 0) is 7.05 Å². The number of hydrogen-bond acceptors (Lipinski definition) is 3. The van der Waals surface area contributed by atoms with Gasteiger partial charge in [-0.1, -0.05) is 31.0 Å². The number of unbranched alkanes of at least 4 members (excludes halogenated alkanes) is 1. The summed E-state index contributed by atoms with van der Waals surface area (Å²) in [5, 5.41) is 6.60. The zero-order valence-corrected chi connectivity index (χ0v) is 18.5. The molecule has 0 spiro atoms. The zero-order valence-electron chi connectivity index (χ0n) is 15.3. The van der Waals surface area contributed by atoms with Crippen LogP contribution in [-0.4, -0.2) is 14.8 Å². The minimum absolute atomic E-state index is 0. The quantitative estimate of drug-likeness (QED) is 0.450. The Labute approximate surface area is 183 Å². The molecule has 0 aliphatic carbocycles. The average Bonchev–Trinajstić information content (AvgIpc) is 3.11. The van der Waals surface area contributed by atoms with Gasteiger partial charge >= 0.3 is 18.9 Å². The summed E-state index contributed by atoms with van der Waals surface area (Å²) in [6.45, 7) is 7.72. The first-order valence-electron chi connectivity index (χ1n) is 7.79. The van der Waals surface area contributed by atoms with Gasteiger partial charge in [-0.3, -0.25) is 0 Å². The van der Waals surface area contributed by atoms with Crippen LogP contribution >= 0.6 is 38.9 Å². The standard InChI is InChI=1S/C14H10BrClFN3S.C4H9.Li/c1-7-8(15)6-21-12(7)14-18-13(19-20(14)2)11-9(16)4-3-5-10(11)17;1-3-4-2;/h3-6H,1-2H3;1,3-4H2,2H3;/q;-1;+1. The molecule has 3 aromatic rings. The summed E-state index contributed by atoms with van der Waals surface area (Å²) in [6.07, 6.45) is 2.28. The molecule has 0 amide bonds. The molecule has 0 atom stereocenters. The molecular weight excluding hydrogens is 432 g/mol. The van der Waals surface area contributed by atoms with Crippen LogP contribution in [0.15, 0.2) is 28.1 Å². The molecule has 0 saturated heterocycles. The largest absolute Gasteiger partial charge is 1.00 e. The number of benzene rings is 1. The van der Waals surface area contributed by atoms with E-state index in [1.807, 2.05) is 12.3 Å². The molecule has 0 aliphatic rings. The van der Waals surface area contributed by atoms with Crippen molar-refractivity contribution in [3.8, 4) is 22.1 Å². The summed E-state index contributed by atoms with van der Waals surface area (Å²) in [4.78, 5) is 5.46. The maximum absolute atomic E-state index is 14.0. The van der Waals surface area contributed by atoms with Crippen molar-refractivity contribution in [3.05, 3.63) is 51.4 Å². The van der Waals surface area contributed by atoms with E-state index in [9.17, 15) is 4.39 Å². The SMILES string of the molecule is Cc1c(Br)csc1-c1nc(-c2c(F)cccc2Cl)nn1C.[CH2-]CCC.[Li+]. The van der Waals surface area contributed by atoms with Crippen molar-refractivity contribution in [1.29, 1.82) is 0 Å². The van der Waals surface area contributed by atoms with E-state index in [4.69, 9.17) is 11.6 Å². The Morgan fingerprint density at radius 1 is 1.38 bits per heavy atom. The Morgan fingerprint density at radius 2 is 2.04 bits per heavy atom. The van der Waals surface area contributed by atoms with E-state index in [1.54, 1.807) is 35.2 Å². The van der Waals surface area contributed by atoms with Gasteiger partial charge in [-0.15, -0.1) is 11.3 Å². The molecule has 2 heterocycles. The van der Waals surface area contributed by atoms with E-state index in [-0.39, 0.29) is 24.4 Å². The molecule has 3 nitrogen and oxygen atoms in total. The molecule has 3 rings (SSSR count). The van der Waals surface area contributed by atoms with Crippen molar-refractivity contribution in [1.82, 2.24) is 14.8 Å². The maximum Gasteiger partial charge on any atom is 1.00 e. The van der Waals surface area contributed by atoms with Crippen molar-refractivity contribution in [2.75, 3.05) is 0 Å². The van der Waals surface area contributed by atoms with Crippen molar-refractivity contribution in [3.63, 3.8) is 0 Å². The van der Waals surface area contributed by atoms with Gasteiger partial charge in [-0.25, -0.2) is 14.1 Å². The molecule has 0 N–H and O–H groups in total. The number of aromatic nitrogens is 3. The Balaban J connectivity index is 0.000000616. The van der Waals surface area contributed by atoms with E-state index in [2.05, 4.69) is 39.9 Å². The number of halogens is 3. The molecule has 26 heavy (non-hydrogen) atoms. The average molecular weight is 451 g/mol. The van der Waals surface area contributed by atoms with Gasteiger partial charge in [0, 0.05) is 16.9 Å². The van der Waals surface area contributed by atoms with Crippen LogP contribution in [0, 0.1) is 19.7 Å². The normalized spacial score (nSPS) is 10.1. The van der Waals surface area contributed by atoms with Crippen LogP contribution in [0.1, 0.15) is 25.3 Å². The van der Waals surface area contributed by atoms with E-state index >= 15 is 0 Å². The first-order chi connectivity index (χ1) is 11.9. The molecule has 0 saturated carbocycles.